The van der Waals surface area contributed by atoms with E-state index in [4.69, 9.17) is 4.74 Å². The van der Waals surface area contributed by atoms with Crippen molar-refractivity contribution in [2.75, 3.05) is 23.8 Å². The van der Waals surface area contributed by atoms with E-state index in [0.717, 1.165) is 35.7 Å². The van der Waals surface area contributed by atoms with Crippen LogP contribution in [0, 0.1) is 0 Å². The maximum atomic E-state index is 12.2. The molecule has 1 amide bonds. The third-order valence-corrected chi connectivity index (χ3v) is 4.78. The Kier molecular flexibility index (Phi) is 4.80. The van der Waals surface area contributed by atoms with Crippen LogP contribution in [0.5, 0.6) is 0 Å². The summed E-state index contributed by atoms with van der Waals surface area (Å²) >= 11 is 1.34. The second kappa shape index (κ2) is 7.54. The lowest BCUT2D eigenvalue weighted by Gasteiger charge is -2.09. The van der Waals surface area contributed by atoms with Gasteiger partial charge < -0.3 is 10.1 Å². The number of tetrazole rings is 1. The van der Waals surface area contributed by atoms with Gasteiger partial charge in [0.25, 0.3) is 0 Å². The van der Waals surface area contributed by atoms with Gasteiger partial charge >= 0.3 is 0 Å². The van der Waals surface area contributed by atoms with Crippen LogP contribution >= 0.6 is 11.3 Å². The number of ether oxygens (including phenoxy) is 1. The predicted molar refractivity (Wildman–Crippen MR) is 94.6 cm³/mol. The molecule has 3 heterocycles. The van der Waals surface area contributed by atoms with Crippen LogP contribution in [-0.4, -0.2) is 49.9 Å². The lowest BCUT2D eigenvalue weighted by atomic mass is 10.1. The fraction of sp³-hybridized carbons (Fsp3) is 0.333. The number of hydrogen-bond acceptors (Lipinski definition) is 9. The third-order valence-electron chi connectivity index (χ3n) is 3.84. The minimum Gasteiger partial charge on any atom is -0.376 e. The van der Waals surface area contributed by atoms with E-state index in [-0.39, 0.29) is 18.6 Å². The number of aromatic amines is 1. The van der Waals surface area contributed by atoms with Gasteiger partial charge in [0.2, 0.25) is 16.9 Å². The molecule has 0 spiro atoms. The van der Waals surface area contributed by atoms with Crippen molar-refractivity contribution < 1.29 is 9.53 Å². The van der Waals surface area contributed by atoms with E-state index in [0.29, 0.717) is 11.0 Å². The molecule has 1 aromatic carbocycles. The topological polar surface area (TPSA) is 131 Å². The molecule has 2 aromatic heterocycles. The highest BCUT2D eigenvalue weighted by atomic mass is 32.1. The monoisotopic (exact) mass is 372 g/mol. The molecule has 0 saturated carbocycles. The van der Waals surface area contributed by atoms with Gasteiger partial charge in [-0.25, -0.2) is 0 Å². The number of anilines is 2. The quantitative estimate of drug-likeness (QED) is 0.595. The molecule has 26 heavy (non-hydrogen) atoms. The largest absolute Gasteiger partial charge is 0.376 e. The Balaban J connectivity index is 1.36. The molecule has 134 valence electrons. The number of nitrogens with zero attached hydrogens (tertiary/aromatic N) is 5. The Morgan fingerprint density at radius 2 is 2.23 bits per heavy atom. The normalized spacial score (nSPS) is 16.5. The number of nitrogens with one attached hydrogen (secondary N) is 3. The molecule has 1 fully saturated rings. The molecule has 1 saturated heterocycles. The molecular formula is C15H16N8O2S. The lowest BCUT2D eigenvalue weighted by molar-refractivity contribution is -0.114. The fourth-order valence-corrected chi connectivity index (χ4v) is 3.48. The van der Waals surface area contributed by atoms with Crippen molar-refractivity contribution in [2.24, 2.45) is 0 Å². The van der Waals surface area contributed by atoms with Crippen LogP contribution in [0.3, 0.4) is 0 Å². The number of H-pyrrole nitrogens is 1. The molecule has 4 rings (SSSR count). The first-order valence-corrected chi connectivity index (χ1v) is 8.93. The van der Waals surface area contributed by atoms with Crippen LogP contribution in [0.15, 0.2) is 24.3 Å². The van der Waals surface area contributed by atoms with Crippen LogP contribution in [-0.2, 0) is 9.53 Å². The van der Waals surface area contributed by atoms with Crippen LogP contribution in [0.2, 0.25) is 0 Å². The summed E-state index contributed by atoms with van der Waals surface area (Å²) in [7, 11) is 0. The first kappa shape index (κ1) is 16.5. The van der Waals surface area contributed by atoms with Gasteiger partial charge in [0.05, 0.1) is 6.54 Å². The zero-order chi connectivity index (χ0) is 17.8. The highest BCUT2D eigenvalue weighted by Crippen LogP contribution is 2.31. The average Bonchev–Trinajstić information content (AvgIpc) is 3.41. The summed E-state index contributed by atoms with van der Waals surface area (Å²) in [6.45, 7) is 0.819. The van der Waals surface area contributed by atoms with Crippen LogP contribution < -0.4 is 10.6 Å². The van der Waals surface area contributed by atoms with E-state index in [2.05, 4.69) is 41.5 Å². The van der Waals surface area contributed by atoms with Gasteiger partial charge in [-0.2, -0.15) is 5.21 Å². The highest BCUT2D eigenvalue weighted by molar-refractivity contribution is 7.15. The standard InChI is InChI=1S/C15H16N8O2S/c24-12(17-15-21-20-14(26-15)11-6-3-7-25-11)8-16-10-5-2-1-4-9(10)13-18-22-23-19-13/h1-2,4-5,11,16H,3,6-8H2,(H,17,21,24)(H,18,19,22,23). The maximum Gasteiger partial charge on any atom is 0.245 e. The summed E-state index contributed by atoms with van der Waals surface area (Å²) in [5, 5.41) is 29.1. The van der Waals surface area contributed by atoms with Crippen molar-refractivity contribution in [3.63, 3.8) is 0 Å². The van der Waals surface area contributed by atoms with Gasteiger partial charge in [0.1, 0.15) is 11.1 Å². The number of hydrogen-bond donors (Lipinski definition) is 3. The first-order chi connectivity index (χ1) is 12.8. The Hall–Kier alpha value is -2.92. The molecule has 0 bridgehead atoms. The summed E-state index contributed by atoms with van der Waals surface area (Å²) in [5.74, 6) is 0.238. The van der Waals surface area contributed by atoms with Gasteiger partial charge in [-0.05, 0) is 30.2 Å². The van der Waals surface area contributed by atoms with Gasteiger partial charge in [0, 0.05) is 17.9 Å². The van der Waals surface area contributed by atoms with Crippen molar-refractivity contribution >= 4 is 28.1 Å². The second-order valence-corrected chi connectivity index (χ2v) is 6.64. The molecule has 0 aliphatic carbocycles. The second-order valence-electron chi connectivity index (χ2n) is 5.63. The number of amides is 1. The van der Waals surface area contributed by atoms with Gasteiger partial charge in [-0.3, -0.25) is 10.1 Å². The average molecular weight is 372 g/mol. The van der Waals surface area contributed by atoms with Crippen molar-refractivity contribution in [3.8, 4) is 11.4 Å². The Bertz CT molecular complexity index is 875. The van der Waals surface area contributed by atoms with Crippen LogP contribution in [0.25, 0.3) is 11.4 Å². The Labute approximate surface area is 152 Å². The van der Waals surface area contributed by atoms with E-state index >= 15 is 0 Å². The minimum atomic E-state index is -0.219. The summed E-state index contributed by atoms with van der Waals surface area (Å²) in [5.41, 5.74) is 1.49. The van der Waals surface area contributed by atoms with Crippen LogP contribution in [0.1, 0.15) is 24.0 Å². The molecular weight excluding hydrogens is 356 g/mol. The number of para-hydroxylation sites is 1. The molecule has 0 radical (unpaired) electrons. The predicted octanol–water partition coefficient (Wildman–Crippen LogP) is 1.62. The van der Waals surface area contributed by atoms with E-state index < -0.39 is 0 Å². The van der Waals surface area contributed by atoms with E-state index in [1.54, 1.807) is 0 Å². The Morgan fingerprint density at radius 3 is 3.04 bits per heavy atom. The van der Waals surface area contributed by atoms with Gasteiger partial charge in [-0.15, -0.1) is 20.4 Å². The van der Waals surface area contributed by atoms with Crippen molar-refractivity contribution in [2.45, 2.75) is 18.9 Å². The summed E-state index contributed by atoms with van der Waals surface area (Å²) in [6.07, 6.45) is 1.96. The van der Waals surface area contributed by atoms with Gasteiger partial charge in [-0.1, -0.05) is 23.5 Å². The van der Waals surface area contributed by atoms with E-state index in [1.807, 2.05) is 24.3 Å². The molecule has 3 N–H and O–H groups in total. The van der Waals surface area contributed by atoms with E-state index in [1.165, 1.54) is 11.3 Å². The number of aromatic nitrogens is 6. The van der Waals surface area contributed by atoms with E-state index in [9.17, 15) is 4.79 Å². The number of carbonyl (C=O) groups is 1. The SMILES string of the molecule is O=C(CNc1ccccc1-c1nn[nH]n1)Nc1nnc(C2CCCO2)s1. The zero-order valence-corrected chi connectivity index (χ0v) is 14.5. The van der Waals surface area contributed by atoms with Crippen molar-refractivity contribution in [1.29, 1.82) is 0 Å². The Morgan fingerprint density at radius 1 is 1.31 bits per heavy atom. The summed E-state index contributed by atoms with van der Waals surface area (Å²) < 4.78 is 5.57. The van der Waals surface area contributed by atoms with Crippen LogP contribution in [0.4, 0.5) is 10.8 Å². The molecule has 1 aliphatic heterocycles. The maximum absolute atomic E-state index is 12.2. The summed E-state index contributed by atoms with van der Waals surface area (Å²) in [4.78, 5) is 12.2. The lowest BCUT2D eigenvalue weighted by Crippen LogP contribution is -2.22. The molecule has 1 unspecified atom stereocenters. The summed E-state index contributed by atoms with van der Waals surface area (Å²) in [6, 6.07) is 7.43. The molecule has 11 heteroatoms. The molecule has 1 aliphatic rings. The minimum absolute atomic E-state index is 0.00175. The molecule has 1 atom stereocenters. The number of benzene rings is 1. The van der Waals surface area contributed by atoms with Gasteiger partial charge in [0.15, 0.2) is 0 Å². The zero-order valence-electron chi connectivity index (χ0n) is 13.7. The smallest absolute Gasteiger partial charge is 0.245 e. The number of carbonyl (C=O) groups excluding carboxylic acids is 1. The van der Waals surface area contributed by atoms with Crippen molar-refractivity contribution in [1.82, 2.24) is 30.8 Å². The fourth-order valence-electron chi connectivity index (χ4n) is 2.63. The molecule has 3 aromatic rings. The number of rotatable bonds is 6. The van der Waals surface area contributed by atoms with Crippen molar-refractivity contribution in [3.05, 3.63) is 29.3 Å². The third kappa shape index (κ3) is 3.68. The highest BCUT2D eigenvalue weighted by Gasteiger charge is 2.22. The molecule has 10 nitrogen and oxygen atoms in total. The first-order valence-electron chi connectivity index (χ1n) is 8.11.